The van der Waals surface area contributed by atoms with Gasteiger partial charge in [-0.2, -0.15) is 0 Å². The first-order valence-corrected chi connectivity index (χ1v) is 5.40. The molecule has 2 aliphatic rings. The zero-order valence-corrected chi connectivity index (χ0v) is 9.81. The van der Waals surface area contributed by atoms with Crippen molar-refractivity contribution in [2.75, 3.05) is 0 Å². The lowest BCUT2D eigenvalue weighted by atomic mass is 10.0. The molecule has 2 rings (SSSR count). The van der Waals surface area contributed by atoms with Crippen molar-refractivity contribution < 1.29 is 0 Å². The molecule has 2 atom stereocenters. The van der Waals surface area contributed by atoms with Gasteiger partial charge in [0.2, 0.25) is 0 Å². The maximum atomic E-state index is 6.13. The van der Waals surface area contributed by atoms with Crippen LogP contribution in [0.2, 0.25) is 0 Å². The summed E-state index contributed by atoms with van der Waals surface area (Å²) in [6.07, 6.45) is 0. The molecular formula is C12H23N. The summed E-state index contributed by atoms with van der Waals surface area (Å²) in [7, 11) is 0. The Hall–Kier alpha value is -0.0400. The summed E-state index contributed by atoms with van der Waals surface area (Å²) in [6.45, 7) is 14.2. The van der Waals surface area contributed by atoms with Crippen molar-refractivity contribution in [1.82, 2.24) is 0 Å². The molecule has 0 heterocycles. The molecule has 0 unspecified atom stereocenters. The third-order valence-corrected chi connectivity index (χ3v) is 5.49. The van der Waals surface area contributed by atoms with Crippen LogP contribution < -0.4 is 5.73 Å². The van der Waals surface area contributed by atoms with E-state index in [0.717, 1.165) is 11.8 Å². The number of hydrogen-bond acceptors (Lipinski definition) is 1. The Bertz CT molecular complexity index is 236. The standard InChI is InChI=1S/C12H23N/c1-10(2)7(9(10)13)8-11(3,4)12(8,5)6/h7-9H,13H2,1-6H3/t7-,9-/m0/s1. The lowest BCUT2D eigenvalue weighted by Crippen LogP contribution is -2.07. The predicted octanol–water partition coefficient (Wildman–Crippen LogP) is 2.65. The van der Waals surface area contributed by atoms with E-state index in [1.807, 2.05) is 0 Å². The van der Waals surface area contributed by atoms with Gasteiger partial charge in [-0.15, -0.1) is 0 Å². The van der Waals surface area contributed by atoms with E-state index in [-0.39, 0.29) is 0 Å². The van der Waals surface area contributed by atoms with Crippen LogP contribution >= 0.6 is 0 Å². The van der Waals surface area contributed by atoms with Crippen LogP contribution in [-0.4, -0.2) is 6.04 Å². The van der Waals surface area contributed by atoms with Gasteiger partial charge in [-0.25, -0.2) is 0 Å². The second-order valence-corrected chi connectivity index (χ2v) is 6.79. The van der Waals surface area contributed by atoms with Crippen LogP contribution in [0.5, 0.6) is 0 Å². The van der Waals surface area contributed by atoms with Gasteiger partial charge in [0, 0.05) is 6.04 Å². The van der Waals surface area contributed by atoms with Gasteiger partial charge in [-0.3, -0.25) is 0 Å². The van der Waals surface area contributed by atoms with E-state index in [2.05, 4.69) is 41.5 Å². The van der Waals surface area contributed by atoms with E-state index in [1.54, 1.807) is 0 Å². The zero-order valence-electron chi connectivity index (χ0n) is 9.81. The molecule has 2 N–H and O–H groups in total. The molecule has 2 fully saturated rings. The van der Waals surface area contributed by atoms with Crippen molar-refractivity contribution in [2.45, 2.75) is 47.6 Å². The Morgan fingerprint density at radius 1 is 0.846 bits per heavy atom. The highest BCUT2D eigenvalue weighted by Gasteiger charge is 2.75. The van der Waals surface area contributed by atoms with Crippen LogP contribution in [0.15, 0.2) is 0 Å². The number of nitrogens with two attached hydrogens (primary N) is 1. The molecule has 0 bridgehead atoms. The molecule has 0 amide bonds. The molecule has 13 heavy (non-hydrogen) atoms. The van der Waals surface area contributed by atoms with Gasteiger partial charge >= 0.3 is 0 Å². The van der Waals surface area contributed by atoms with E-state index >= 15 is 0 Å². The van der Waals surface area contributed by atoms with Crippen LogP contribution in [0.4, 0.5) is 0 Å². The van der Waals surface area contributed by atoms with Gasteiger partial charge in [0.05, 0.1) is 0 Å². The summed E-state index contributed by atoms with van der Waals surface area (Å²) in [5, 5.41) is 0. The highest BCUT2D eigenvalue weighted by molar-refractivity contribution is 5.25. The first-order chi connectivity index (χ1) is 5.65. The Morgan fingerprint density at radius 3 is 1.23 bits per heavy atom. The Labute approximate surface area is 82.1 Å². The van der Waals surface area contributed by atoms with Crippen molar-refractivity contribution >= 4 is 0 Å². The third-order valence-electron chi connectivity index (χ3n) is 5.49. The molecule has 2 saturated carbocycles. The summed E-state index contributed by atoms with van der Waals surface area (Å²) < 4.78 is 0. The van der Waals surface area contributed by atoms with Gasteiger partial charge < -0.3 is 5.73 Å². The third kappa shape index (κ3) is 0.869. The van der Waals surface area contributed by atoms with Gasteiger partial charge in [0.1, 0.15) is 0 Å². The molecule has 0 aromatic carbocycles. The van der Waals surface area contributed by atoms with E-state index in [0.29, 0.717) is 22.3 Å². The average molecular weight is 181 g/mol. The molecule has 0 aliphatic heterocycles. The second-order valence-electron chi connectivity index (χ2n) is 6.79. The van der Waals surface area contributed by atoms with E-state index in [9.17, 15) is 0 Å². The zero-order chi connectivity index (χ0) is 10.2. The van der Waals surface area contributed by atoms with Crippen molar-refractivity contribution in [1.29, 1.82) is 0 Å². The van der Waals surface area contributed by atoms with Crippen LogP contribution in [0.1, 0.15) is 41.5 Å². The Morgan fingerprint density at radius 2 is 1.15 bits per heavy atom. The molecule has 0 spiro atoms. The highest BCUT2D eigenvalue weighted by Crippen LogP contribution is 2.78. The fourth-order valence-electron chi connectivity index (χ4n) is 3.50. The smallest absolute Gasteiger partial charge is 0.0131 e. The van der Waals surface area contributed by atoms with Gasteiger partial charge in [-0.1, -0.05) is 41.5 Å². The SMILES string of the molecule is CC1(C)[C@@H](N)[C@@H]1C1C(C)(C)C1(C)C. The minimum Gasteiger partial charge on any atom is -0.327 e. The van der Waals surface area contributed by atoms with E-state index in [4.69, 9.17) is 5.73 Å². The van der Waals surface area contributed by atoms with Crippen molar-refractivity contribution in [2.24, 2.45) is 33.8 Å². The van der Waals surface area contributed by atoms with Crippen LogP contribution in [0.3, 0.4) is 0 Å². The molecule has 0 aromatic rings. The summed E-state index contributed by atoms with van der Waals surface area (Å²) in [5.74, 6) is 1.60. The summed E-state index contributed by atoms with van der Waals surface area (Å²) in [6, 6.07) is 0.443. The largest absolute Gasteiger partial charge is 0.327 e. The maximum absolute atomic E-state index is 6.13. The van der Waals surface area contributed by atoms with Crippen molar-refractivity contribution in [3.63, 3.8) is 0 Å². The monoisotopic (exact) mass is 181 g/mol. The topological polar surface area (TPSA) is 26.0 Å². The van der Waals surface area contributed by atoms with Crippen LogP contribution in [0.25, 0.3) is 0 Å². The molecule has 0 radical (unpaired) electrons. The minimum atomic E-state index is 0.399. The second kappa shape index (κ2) is 1.98. The lowest BCUT2D eigenvalue weighted by molar-refractivity contribution is 0.446. The molecule has 1 nitrogen and oxygen atoms in total. The molecule has 0 saturated heterocycles. The van der Waals surface area contributed by atoms with Gasteiger partial charge in [0.15, 0.2) is 0 Å². The minimum absolute atomic E-state index is 0.399. The van der Waals surface area contributed by atoms with E-state index in [1.165, 1.54) is 0 Å². The van der Waals surface area contributed by atoms with Crippen molar-refractivity contribution in [3.05, 3.63) is 0 Å². The fourth-order valence-corrected chi connectivity index (χ4v) is 3.50. The predicted molar refractivity (Wildman–Crippen MR) is 56.3 cm³/mol. The Kier molecular flexibility index (Phi) is 1.45. The quantitative estimate of drug-likeness (QED) is 0.661. The van der Waals surface area contributed by atoms with Crippen LogP contribution in [0, 0.1) is 28.1 Å². The first kappa shape index (κ1) is 9.51. The number of rotatable bonds is 1. The summed E-state index contributed by atoms with van der Waals surface area (Å²) in [4.78, 5) is 0. The summed E-state index contributed by atoms with van der Waals surface area (Å²) in [5.41, 5.74) is 7.53. The van der Waals surface area contributed by atoms with Gasteiger partial charge in [0.25, 0.3) is 0 Å². The summed E-state index contributed by atoms with van der Waals surface area (Å²) >= 11 is 0. The van der Waals surface area contributed by atoms with Crippen molar-refractivity contribution in [3.8, 4) is 0 Å². The van der Waals surface area contributed by atoms with Crippen LogP contribution in [-0.2, 0) is 0 Å². The maximum Gasteiger partial charge on any atom is 0.0131 e. The molecule has 2 aliphatic carbocycles. The Balaban J connectivity index is 2.17. The van der Waals surface area contributed by atoms with Gasteiger partial charge in [-0.05, 0) is 28.1 Å². The van der Waals surface area contributed by atoms with E-state index < -0.39 is 0 Å². The number of hydrogen-bond donors (Lipinski definition) is 1. The fraction of sp³-hybridized carbons (Fsp3) is 1.00. The average Bonchev–Trinajstić information content (AvgIpc) is 2.51. The normalized spacial score (nSPS) is 44.5. The highest BCUT2D eigenvalue weighted by atomic mass is 14.9. The lowest BCUT2D eigenvalue weighted by Gasteiger charge is -2.04. The molecular weight excluding hydrogens is 158 g/mol. The first-order valence-electron chi connectivity index (χ1n) is 5.40. The molecule has 76 valence electrons. The molecule has 0 aromatic heterocycles. The molecule has 1 heteroatoms.